The molecule has 5 rings (SSSR count). The highest BCUT2D eigenvalue weighted by Gasteiger charge is 2.63. The van der Waals surface area contributed by atoms with Gasteiger partial charge in [-0.15, -0.1) is 17.0 Å². The molecule has 0 saturated heterocycles. The first kappa shape index (κ1) is 33.2. The lowest BCUT2D eigenvalue weighted by Crippen LogP contribution is -2.63. The van der Waals surface area contributed by atoms with Crippen LogP contribution in [0.5, 0.6) is 11.5 Å². The van der Waals surface area contributed by atoms with Crippen LogP contribution < -0.4 is 15.8 Å². The number of primary amides is 1. The standard InChI is InChI=1S/C30H30BrN3O9.BrH/c1-34(2)22-16-11-14-10-13-6-9-17(33-29(41)21(31)12-4-7-15(43-3)8-5-12)23(35)18(13)24(36)19(14)26(38)30(16,42)27(39)20(25(22)37)28(32)40;/h4-9,14,16,21-22,35,37-38,42H,10-11H2,1-3H3,(H2,32,40)(H,33,41);1H/t14?,16?,21?,22-,30?;/m0./s1. The van der Waals surface area contributed by atoms with Crippen LogP contribution in [0.1, 0.15) is 32.7 Å². The predicted molar refractivity (Wildman–Crippen MR) is 167 cm³/mol. The first-order valence-electron chi connectivity index (χ1n) is 13.3. The Kier molecular flexibility index (Phi) is 9.04. The molecule has 2 amide bonds. The number of carbonyl (C=O) groups excluding carboxylic acids is 4. The minimum absolute atomic E-state index is 0. The number of likely N-dealkylation sites (N-methyl/N-ethyl adjacent to an activating group) is 1. The third-order valence-corrected chi connectivity index (χ3v) is 9.44. The largest absolute Gasteiger partial charge is 0.510 e. The van der Waals surface area contributed by atoms with Crippen molar-refractivity contribution in [3.05, 3.63) is 75.8 Å². The Morgan fingerprint density at radius 1 is 1.11 bits per heavy atom. The van der Waals surface area contributed by atoms with Crippen LogP contribution in [0.4, 0.5) is 5.69 Å². The van der Waals surface area contributed by atoms with Crippen LogP contribution >= 0.6 is 32.9 Å². The van der Waals surface area contributed by atoms with Crippen molar-refractivity contribution in [2.24, 2.45) is 17.6 Å². The molecule has 44 heavy (non-hydrogen) atoms. The zero-order valence-corrected chi connectivity index (χ0v) is 27.1. The first-order valence-corrected chi connectivity index (χ1v) is 14.2. The number of methoxy groups -OCH3 is 1. The van der Waals surface area contributed by atoms with E-state index in [4.69, 9.17) is 10.5 Å². The van der Waals surface area contributed by atoms with Gasteiger partial charge in [0.25, 0.3) is 5.91 Å². The maximum atomic E-state index is 13.9. The molecule has 12 nitrogen and oxygen atoms in total. The number of carbonyl (C=O) groups is 4. The second-order valence-electron chi connectivity index (χ2n) is 11.1. The molecule has 5 atom stereocenters. The maximum Gasteiger partial charge on any atom is 0.255 e. The molecule has 0 bridgehead atoms. The van der Waals surface area contributed by atoms with E-state index in [9.17, 15) is 39.6 Å². The summed E-state index contributed by atoms with van der Waals surface area (Å²) in [6, 6.07) is 8.72. The van der Waals surface area contributed by atoms with Crippen LogP contribution in [0.3, 0.4) is 0 Å². The van der Waals surface area contributed by atoms with E-state index in [0.717, 1.165) is 0 Å². The van der Waals surface area contributed by atoms with E-state index in [0.29, 0.717) is 16.9 Å². The summed E-state index contributed by atoms with van der Waals surface area (Å²) in [4.78, 5) is 53.1. The van der Waals surface area contributed by atoms with Gasteiger partial charge in [-0.05, 0) is 62.2 Å². The van der Waals surface area contributed by atoms with Crippen LogP contribution in [0.25, 0.3) is 0 Å². The van der Waals surface area contributed by atoms with Gasteiger partial charge in [0.05, 0.1) is 24.4 Å². The van der Waals surface area contributed by atoms with Gasteiger partial charge in [-0.25, -0.2) is 0 Å². The number of Topliss-reactive ketones (excluding diaryl/α,β-unsaturated/α-hetero) is 2. The summed E-state index contributed by atoms with van der Waals surface area (Å²) in [5, 5.41) is 47.7. The lowest BCUT2D eigenvalue weighted by molar-refractivity contribution is -0.148. The van der Waals surface area contributed by atoms with Crippen LogP contribution in [-0.4, -0.2) is 81.6 Å². The molecule has 2 aromatic rings. The molecule has 3 aliphatic carbocycles. The average Bonchev–Trinajstić information content (AvgIpc) is 2.95. The van der Waals surface area contributed by atoms with E-state index in [2.05, 4.69) is 21.2 Å². The van der Waals surface area contributed by atoms with Gasteiger partial charge < -0.3 is 36.2 Å². The second-order valence-corrected chi connectivity index (χ2v) is 12.0. The van der Waals surface area contributed by atoms with Gasteiger partial charge >= 0.3 is 0 Å². The van der Waals surface area contributed by atoms with Crippen LogP contribution in [-0.2, 0) is 20.8 Å². The molecular formula is C30H31Br2N3O9. The summed E-state index contributed by atoms with van der Waals surface area (Å²) in [6.45, 7) is 0. The Morgan fingerprint density at radius 2 is 1.75 bits per heavy atom. The van der Waals surface area contributed by atoms with Crippen molar-refractivity contribution in [3.63, 3.8) is 0 Å². The monoisotopic (exact) mass is 735 g/mol. The van der Waals surface area contributed by atoms with Crippen LogP contribution in [0.15, 0.2) is 59.1 Å². The van der Waals surface area contributed by atoms with Gasteiger partial charge in [-0.2, -0.15) is 0 Å². The van der Waals surface area contributed by atoms with Crippen molar-refractivity contribution < 1.29 is 44.3 Å². The lowest BCUT2D eigenvalue weighted by Gasteiger charge is -2.50. The Bertz CT molecular complexity index is 1640. The summed E-state index contributed by atoms with van der Waals surface area (Å²) in [6.07, 6.45) is 0.126. The molecule has 14 heteroatoms. The SMILES string of the molecule is Br.COc1ccc(C(Br)C(=O)Nc2ccc3c(c2O)C(=O)C2=C(O)C4(O)C(=O)C(C(N)=O)=C(O)[C@@H](N(C)C)C4CC2C3)cc1. The number of nitrogens with one attached hydrogen (secondary N) is 1. The highest BCUT2D eigenvalue weighted by atomic mass is 79.9. The number of hydrogen-bond acceptors (Lipinski definition) is 10. The Labute approximate surface area is 271 Å². The number of ether oxygens (including phenoxy) is 1. The highest BCUT2D eigenvalue weighted by molar-refractivity contribution is 9.09. The van der Waals surface area contributed by atoms with E-state index >= 15 is 0 Å². The number of amides is 2. The Hall–Kier alpha value is -3.72. The van der Waals surface area contributed by atoms with Gasteiger partial charge in [0, 0.05) is 11.5 Å². The number of phenolic OH excluding ortho intramolecular Hbond substituents is 1. The van der Waals surface area contributed by atoms with Crippen molar-refractivity contribution in [1.82, 2.24) is 4.90 Å². The minimum atomic E-state index is -2.73. The van der Waals surface area contributed by atoms with Crippen molar-refractivity contribution in [1.29, 1.82) is 0 Å². The molecule has 0 saturated carbocycles. The van der Waals surface area contributed by atoms with Gasteiger partial charge in [0.2, 0.25) is 11.7 Å². The van der Waals surface area contributed by atoms with Gasteiger partial charge in [-0.1, -0.05) is 34.1 Å². The number of phenols is 1. The molecule has 2 aromatic carbocycles. The van der Waals surface area contributed by atoms with Crippen LogP contribution in [0, 0.1) is 11.8 Å². The van der Waals surface area contributed by atoms with Crippen LogP contribution in [0.2, 0.25) is 0 Å². The number of nitrogens with zero attached hydrogens (tertiary/aromatic N) is 1. The molecule has 7 N–H and O–H groups in total. The normalized spacial score (nSPS) is 25.0. The number of anilines is 1. The number of ketones is 2. The minimum Gasteiger partial charge on any atom is -0.510 e. The quantitative estimate of drug-likeness (QED) is 0.146. The average molecular weight is 737 g/mol. The summed E-state index contributed by atoms with van der Waals surface area (Å²) >= 11 is 3.34. The Morgan fingerprint density at radius 3 is 2.32 bits per heavy atom. The summed E-state index contributed by atoms with van der Waals surface area (Å²) in [5.41, 5.74) is 2.25. The number of nitrogens with two attached hydrogens (primary N) is 1. The van der Waals surface area contributed by atoms with Crippen molar-refractivity contribution >= 4 is 62.0 Å². The van der Waals surface area contributed by atoms with E-state index in [1.807, 2.05) is 0 Å². The van der Waals surface area contributed by atoms with Gasteiger partial charge in [0.1, 0.15) is 27.7 Å². The molecular weight excluding hydrogens is 706 g/mol. The molecule has 0 heterocycles. The summed E-state index contributed by atoms with van der Waals surface area (Å²) in [7, 11) is 4.64. The number of aromatic hydroxyl groups is 1. The molecule has 0 aliphatic heterocycles. The number of allylic oxidation sites excluding steroid dienone is 1. The Balaban J connectivity index is 0.00000442. The van der Waals surface area contributed by atoms with Crippen molar-refractivity contribution in [3.8, 4) is 11.5 Å². The fourth-order valence-corrected chi connectivity index (χ4v) is 6.87. The number of hydrogen-bond donors (Lipinski definition) is 6. The zero-order valence-electron chi connectivity index (χ0n) is 23.8. The fraction of sp³-hybridized carbons (Fsp3) is 0.333. The predicted octanol–water partition coefficient (Wildman–Crippen LogP) is 2.78. The number of aliphatic hydroxyl groups excluding tert-OH is 2. The zero-order chi connectivity index (χ0) is 31.5. The smallest absolute Gasteiger partial charge is 0.255 e. The molecule has 0 fully saturated rings. The van der Waals surface area contributed by atoms with E-state index in [1.54, 1.807) is 44.4 Å². The number of fused-ring (bicyclic) bond motifs is 3. The molecule has 0 spiro atoms. The maximum absolute atomic E-state index is 13.9. The summed E-state index contributed by atoms with van der Waals surface area (Å²) < 4.78 is 5.13. The molecule has 4 unspecified atom stereocenters. The number of benzene rings is 2. The van der Waals surface area contributed by atoms with Gasteiger partial charge in [0.15, 0.2) is 17.1 Å². The lowest BCUT2D eigenvalue weighted by atomic mass is 9.58. The molecule has 234 valence electrons. The number of alkyl halides is 1. The van der Waals surface area contributed by atoms with E-state index < -0.39 is 74.5 Å². The number of aliphatic hydroxyl groups is 3. The van der Waals surface area contributed by atoms with Crippen molar-refractivity contribution in [2.75, 3.05) is 26.5 Å². The third kappa shape index (κ3) is 4.99. The highest BCUT2D eigenvalue weighted by Crippen LogP contribution is 2.52. The third-order valence-electron chi connectivity index (χ3n) is 8.49. The van der Waals surface area contributed by atoms with E-state index in [1.165, 1.54) is 18.1 Å². The van der Waals surface area contributed by atoms with Crippen molar-refractivity contribution in [2.45, 2.75) is 29.3 Å². The molecule has 3 aliphatic rings. The first-order chi connectivity index (χ1) is 20.2. The molecule has 0 radical (unpaired) electrons. The van der Waals surface area contributed by atoms with Gasteiger partial charge in [-0.3, -0.25) is 24.1 Å². The number of rotatable bonds is 6. The molecule has 0 aromatic heterocycles. The van der Waals surface area contributed by atoms with E-state index in [-0.39, 0.29) is 46.6 Å². The fourth-order valence-electron chi connectivity index (χ4n) is 6.45. The topological polar surface area (TPSA) is 200 Å². The number of halogens is 2. The summed E-state index contributed by atoms with van der Waals surface area (Å²) in [5.74, 6) is -7.31. The second kappa shape index (κ2) is 12.0.